The Bertz CT molecular complexity index is 631. The molecule has 6 nitrogen and oxygen atoms in total. The van der Waals surface area contributed by atoms with Crippen molar-refractivity contribution in [2.75, 3.05) is 11.9 Å². The second kappa shape index (κ2) is 5.11. The molecule has 6 heteroatoms. The van der Waals surface area contributed by atoms with E-state index in [1.54, 1.807) is 0 Å². The Morgan fingerprint density at radius 1 is 1.45 bits per heavy atom. The van der Waals surface area contributed by atoms with Gasteiger partial charge in [-0.3, -0.25) is 14.6 Å². The molecule has 0 radical (unpaired) electrons. The molecule has 2 heterocycles. The zero-order valence-electron chi connectivity index (χ0n) is 11.8. The Hall–Kier alpha value is -2.11. The minimum absolute atomic E-state index is 0.0363. The van der Waals surface area contributed by atoms with Crippen LogP contribution >= 0.6 is 0 Å². The van der Waals surface area contributed by atoms with Gasteiger partial charge in [-0.05, 0) is 19.3 Å². The van der Waals surface area contributed by atoms with Crippen molar-refractivity contribution < 1.29 is 9.90 Å². The van der Waals surface area contributed by atoms with Gasteiger partial charge in [0.05, 0.1) is 11.3 Å². The third-order valence-corrected chi connectivity index (χ3v) is 3.69. The molecule has 0 saturated carbocycles. The van der Waals surface area contributed by atoms with Gasteiger partial charge in [-0.1, -0.05) is 13.8 Å². The molecule has 1 aliphatic heterocycles. The van der Waals surface area contributed by atoms with Crippen LogP contribution in [0, 0.1) is 17.2 Å². The maximum atomic E-state index is 12.0. The number of carbonyl (C=O) groups is 1. The monoisotopic (exact) mass is 277 g/mol. The van der Waals surface area contributed by atoms with E-state index in [9.17, 15) is 14.7 Å². The van der Waals surface area contributed by atoms with Crippen molar-refractivity contribution in [2.24, 2.45) is 11.8 Å². The van der Waals surface area contributed by atoms with E-state index in [1.807, 2.05) is 13.8 Å². The summed E-state index contributed by atoms with van der Waals surface area (Å²) >= 11 is 0. The van der Waals surface area contributed by atoms with Gasteiger partial charge in [0, 0.05) is 23.7 Å². The number of Topliss-reactive ketones (excluding diaryl/α,β-unsaturated/α-hetero) is 1. The number of H-pyrrole nitrogens is 1. The molecule has 1 aromatic heterocycles. The van der Waals surface area contributed by atoms with E-state index in [1.165, 1.54) is 6.92 Å². The number of aromatic hydroxyl groups is 1. The van der Waals surface area contributed by atoms with Crippen LogP contribution in [0.1, 0.15) is 31.9 Å². The molecule has 1 unspecified atom stereocenters. The van der Waals surface area contributed by atoms with Crippen molar-refractivity contribution in [1.29, 1.82) is 5.41 Å². The Morgan fingerprint density at radius 3 is 2.65 bits per heavy atom. The highest BCUT2D eigenvalue weighted by atomic mass is 16.3. The third kappa shape index (κ3) is 2.33. The summed E-state index contributed by atoms with van der Waals surface area (Å²) in [4.78, 5) is 25.9. The summed E-state index contributed by atoms with van der Waals surface area (Å²) in [5.41, 5.74) is 0.999. The minimum Gasteiger partial charge on any atom is -0.494 e. The molecular weight excluding hydrogens is 258 g/mol. The zero-order valence-corrected chi connectivity index (χ0v) is 11.8. The fourth-order valence-corrected chi connectivity index (χ4v) is 2.40. The first kappa shape index (κ1) is 14.3. The molecule has 4 N–H and O–H groups in total. The number of rotatable bonds is 3. The number of carbonyl (C=O) groups excluding carboxylic acids is 1. The summed E-state index contributed by atoms with van der Waals surface area (Å²) in [7, 11) is 0. The smallest absolute Gasteiger partial charge is 0.261 e. The normalized spacial score (nSPS) is 17.5. The molecule has 0 fully saturated rings. The number of nitrogens with one attached hydrogen (secondary N) is 3. The van der Waals surface area contributed by atoms with Crippen molar-refractivity contribution in [3.8, 4) is 5.88 Å². The predicted octanol–water partition coefficient (Wildman–Crippen LogP) is 1.28. The molecule has 1 aliphatic rings. The number of aromatic nitrogens is 1. The molecule has 20 heavy (non-hydrogen) atoms. The SMILES string of the molecule is CC(=O)C1CNc2c(c(O)[nH]c(=O)c2C(=N)C(C)C)C1. The molecule has 0 bridgehead atoms. The third-order valence-electron chi connectivity index (χ3n) is 3.69. The number of ketones is 1. The van der Waals surface area contributed by atoms with Gasteiger partial charge in [0.2, 0.25) is 0 Å². The number of hydrogen-bond acceptors (Lipinski definition) is 5. The number of pyridine rings is 1. The lowest BCUT2D eigenvalue weighted by Crippen LogP contribution is -2.33. The molecule has 2 rings (SSSR count). The van der Waals surface area contributed by atoms with E-state index in [0.29, 0.717) is 24.2 Å². The second-order valence-corrected chi connectivity index (χ2v) is 5.49. The van der Waals surface area contributed by atoms with Crippen molar-refractivity contribution in [1.82, 2.24) is 4.98 Å². The van der Waals surface area contributed by atoms with E-state index in [-0.39, 0.29) is 34.8 Å². The summed E-state index contributed by atoms with van der Waals surface area (Å²) < 4.78 is 0. The molecule has 108 valence electrons. The van der Waals surface area contributed by atoms with Crippen LogP contribution in [0.4, 0.5) is 5.69 Å². The maximum Gasteiger partial charge on any atom is 0.261 e. The lowest BCUT2D eigenvalue weighted by Gasteiger charge is -2.27. The van der Waals surface area contributed by atoms with Crippen LogP contribution < -0.4 is 10.9 Å². The Labute approximate surface area is 116 Å². The lowest BCUT2D eigenvalue weighted by molar-refractivity contribution is -0.120. The van der Waals surface area contributed by atoms with Crippen LogP contribution in [0.3, 0.4) is 0 Å². The second-order valence-electron chi connectivity index (χ2n) is 5.49. The van der Waals surface area contributed by atoms with Crippen LogP contribution in [0.25, 0.3) is 0 Å². The number of fused-ring (bicyclic) bond motifs is 1. The van der Waals surface area contributed by atoms with Crippen molar-refractivity contribution >= 4 is 17.2 Å². The van der Waals surface area contributed by atoms with Gasteiger partial charge < -0.3 is 15.8 Å². The average Bonchev–Trinajstić information content (AvgIpc) is 2.37. The molecule has 0 aliphatic carbocycles. The van der Waals surface area contributed by atoms with Gasteiger partial charge in [0.15, 0.2) is 5.88 Å². The standard InChI is InChI=1S/C14H19N3O3/c1-6(2)11(15)10-12-9(13(19)17-14(10)20)4-8(5-16-12)7(3)18/h6,8,15-16H,4-5H2,1-3H3,(H2,17,19,20). The molecule has 1 atom stereocenters. The summed E-state index contributed by atoms with van der Waals surface area (Å²) in [5, 5.41) is 21.0. The summed E-state index contributed by atoms with van der Waals surface area (Å²) in [6.45, 7) is 5.60. The maximum absolute atomic E-state index is 12.0. The van der Waals surface area contributed by atoms with Crippen LogP contribution in [-0.4, -0.2) is 28.1 Å². The first-order valence-electron chi connectivity index (χ1n) is 6.64. The van der Waals surface area contributed by atoms with Crippen molar-refractivity contribution in [3.63, 3.8) is 0 Å². The van der Waals surface area contributed by atoms with Crippen molar-refractivity contribution in [3.05, 3.63) is 21.5 Å². The molecule has 0 saturated heterocycles. The fraction of sp³-hybridized carbons (Fsp3) is 0.500. The summed E-state index contributed by atoms with van der Waals surface area (Å²) in [6, 6.07) is 0. The minimum atomic E-state index is -0.478. The first-order valence-corrected chi connectivity index (χ1v) is 6.64. The topological polar surface area (TPSA) is 106 Å². The molecule has 0 amide bonds. The Kier molecular flexibility index (Phi) is 3.65. The Morgan fingerprint density at radius 2 is 2.10 bits per heavy atom. The predicted molar refractivity (Wildman–Crippen MR) is 76.8 cm³/mol. The number of aromatic amines is 1. The quantitative estimate of drug-likeness (QED) is 0.624. The van der Waals surface area contributed by atoms with Gasteiger partial charge in [0.25, 0.3) is 5.56 Å². The highest BCUT2D eigenvalue weighted by molar-refractivity contribution is 6.04. The summed E-state index contributed by atoms with van der Waals surface area (Å²) in [6.07, 6.45) is 0.374. The van der Waals surface area contributed by atoms with E-state index in [0.717, 1.165) is 0 Å². The highest BCUT2D eigenvalue weighted by Crippen LogP contribution is 2.32. The van der Waals surface area contributed by atoms with E-state index in [4.69, 9.17) is 5.41 Å². The van der Waals surface area contributed by atoms with Crippen LogP contribution in [-0.2, 0) is 11.2 Å². The van der Waals surface area contributed by atoms with Crippen LogP contribution in [0.5, 0.6) is 5.88 Å². The largest absolute Gasteiger partial charge is 0.494 e. The average molecular weight is 277 g/mol. The molecule has 1 aromatic rings. The number of hydrogen-bond donors (Lipinski definition) is 4. The highest BCUT2D eigenvalue weighted by Gasteiger charge is 2.29. The fourth-order valence-electron chi connectivity index (χ4n) is 2.40. The van der Waals surface area contributed by atoms with E-state index >= 15 is 0 Å². The van der Waals surface area contributed by atoms with Crippen molar-refractivity contribution in [2.45, 2.75) is 27.2 Å². The number of anilines is 1. The summed E-state index contributed by atoms with van der Waals surface area (Å²) in [5.74, 6) is -0.504. The molecule has 0 aromatic carbocycles. The Balaban J connectivity index is 2.58. The van der Waals surface area contributed by atoms with Crippen LogP contribution in [0.2, 0.25) is 0 Å². The van der Waals surface area contributed by atoms with E-state index in [2.05, 4.69) is 10.3 Å². The molecular formula is C14H19N3O3. The lowest BCUT2D eigenvalue weighted by atomic mass is 9.88. The van der Waals surface area contributed by atoms with E-state index < -0.39 is 5.56 Å². The van der Waals surface area contributed by atoms with Gasteiger partial charge in [0.1, 0.15) is 5.78 Å². The van der Waals surface area contributed by atoms with Crippen LogP contribution in [0.15, 0.2) is 4.79 Å². The van der Waals surface area contributed by atoms with Gasteiger partial charge in [-0.15, -0.1) is 0 Å². The van der Waals surface area contributed by atoms with Gasteiger partial charge >= 0.3 is 0 Å². The first-order chi connectivity index (χ1) is 9.32. The zero-order chi connectivity index (χ0) is 15.0. The van der Waals surface area contributed by atoms with Gasteiger partial charge in [-0.25, -0.2) is 0 Å². The molecule has 0 spiro atoms. The van der Waals surface area contributed by atoms with Gasteiger partial charge in [-0.2, -0.15) is 0 Å².